The Morgan fingerprint density at radius 2 is 2.29 bits per heavy atom. The van der Waals surface area contributed by atoms with Crippen LogP contribution in [0.2, 0.25) is 0 Å². The zero-order valence-corrected chi connectivity index (χ0v) is 12.6. The summed E-state index contributed by atoms with van der Waals surface area (Å²) in [5, 5.41) is 14.6. The van der Waals surface area contributed by atoms with E-state index in [9.17, 15) is 10.1 Å². The van der Waals surface area contributed by atoms with Gasteiger partial charge < -0.3 is 15.8 Å². The van der Waals surface area contributed by atoms with Gasteiger partial charge in [0.05, 0.1) is 17.6 Å². The second kappa shape index (κ2) is 6.30. The summed E-state index contributed by atoms with van der Waals surface area (Å²) in [7, 11) is 1.55. The highest BCUT2D eigenvalue weighted by Crippen LogP contribution is 2.39. The summed E-state index contributed by atoms with van der Waals surface area (Å²) in [6.45, 7) is 2.62. The van der Waals surface area contributed by atoms with E-state index in [4.69, 9.17) is 10.5 Å². The average molecular weight is 293 g/mol. The predicted octanol–water partition coefficient (Wildman–Crippen LogP) is 2.92. The molecule has 0 aliphatic heterocycles. The molecule has 1 fully saturated rings. The van der Waals surface area contributed by atoms with Gasteiger partial charge in [-0.2, -0.15) is 0 Å². The minimum absolute atomic E-state index is 0.0569. The molecule has 1 aromatic rings. The molecule has 0 saturated heterocycles. The van der Waals surface area contributed by atoms with Gasteiger partial charge in [0.2, 0.25) is 0 Å². The van der Waals surface area contributed by atoms with Gasteiger partial charge in [0, 0.05) is 18.7 Å². The molecule has 0 bridgehead atoms. The van der Waals surface area contributed by atoms with Gasteiger partial charge in [-0.05, 0) is 24.8 Å². The second-order valence-corrected chi connectivity index (χ2v) is 5.77. The number of rotatable bonds is 5. The molecule has 6 heteroatoms. The molecule has 0 heterocycles. The zero-order chi connectivity index (χ0) is 15.5. The van der Waals surface area contributed by atoms with Crippen LogP contribution in [0, 0.1) is 16.0 Å². The van der Waals surface area contributed by atoms with Crippen LogP contribution in [-0.2, 0) is 0 Å². The highest BCUT2D eigenvalue weighted by atomic mass is 16.6. The van der Waals surface area contributed by atoms with E-state index >= 15 is 0 Å². The van der Waals surface area contributed by atoms with Crippen LogP contribution in [-0.4, -0.2) is 24.1 Å². The van der Waals surface area contributed by atoms with Crippen molar-refractivity contribution in [3.63, 3.8) is 0 Å². The smallest absolute Gasteiger partial charge is 0.292 e. The van der Waals surface area contributed by atoms with Crippen molar-refractivity contribution in [3.05, 3.63) is 28.3 Å². The van der Waals surface area contributed by atoms with Crippen LogP contribution in [0.25, 0.3) is 0 Å². The Bertz CT molecular complexity index is 521. The number of nitrogens with zero attached hydrogens (tertiary/aromatic N) is 1. The Hall–Kier alpha value is -1.82. The van der Waals surface area contributed by atoms with Crippen LogP contribution in [0.5, 0.6) is 5.75 Å². The third-order valence-corrected chi connectivity index (χ3v) is 4.60. The van der Waals surface area contributed by atoms with Crippen molar-refractivity contribution >= 4 is 11.4 Å². The number of ether oxygens (including phenoxy) is 1. The van der Waals surface area contributed by atoms with Crippen LogP contribution in [0.15, 0.2) is 18.2 Å². The third kappa shape index (κ3) is 3.10. The lowest BCUT2D eigenvalue weighted by atomic mass is 9.73. The summed E-state index contributed by atoms with van der Waals surface area (Å²) in [6, 6.07) is 4.75. The molecule has 1 saturated carbocycles. The lowest BCUT2D eigenvalue weighted by Gasteiger charge is -2.43. The van der Waals surface area contributed by atoms with E-state index in [-0.39, 0.29) is 16.1 Å². The van der Waals surface area contributed by atoms with Crippen LogP contribution in [0.3, 0.4) is 0 Å². The second-order valence-electron chi connectivity index (χ2n) is 5.77. The molecule has 2 unspecified atom stereocenters. The first-order chi connectivity index (χ1) is 10.0. The van der Waals surface area contributed by atoms with Crippen molar-refractivity contribution in [2.45, 2.75) is 38.1 Å². The van der Waals surface area contributed by atoms with Crippen LogP contribution in [0.1, 0.15) is 32.6 Å². The molecule has 6 nitrogen and oxygen atoms in total. The van der Waals surface area contributed by atoms with Crippen LogP contribution < -0.4 is 15.8 Å². The molecule has 1 aliphatic carbocycles. The van der Waals surface area contributed by atoms with Gasteiger partial charge in [-0.3, -0.25) is 10.1 Å². The largest absolute Gasteiger partial charge is 0.497 e. The van der Waals surface area contributed by atoms with Gasteiger partial charge in [0.1, 0.15) is 11.4 Å². The molecule has 1 aliphatic rings. The number of nitrogens with two attached hydrogens (primary N) is 1. The fourth-order valence-electron chi connectivity index (χ4n) is 3.12. The van der Waals surface area contributed by atoms with E-state index in [2.05, 4.69) is 12.2 Å². The normalized spacial score (nSPS) is 25.4. The van der Waals surface area contributed by atoms with Crippen LogP contribution >= 0.6 is 0 Å². The fourth-order valence-corrected chi connectivity index (χ4v) is 3.12. The van der Waals surface area contributed by atoms with Gasteiger partial charge in [-0.15, -0.1) is 0 Å². The lowest BCUT2D eigenvalue weighted by Crippen LogP contribution is -2.52. The maximum absolute atomic E-state index is 11.2. The van der Waals surface area contributed by atoms with Gasteiger partial charge in [-0.1, -0.05) is 19.8 Å². The quantitative estimate of drug-likeness (QED) is 0.643. The summed E-state index contributed by atoms with van der Waals surface area (Å²) >= 11 is 0. The van der Waals surface area contributed by atoms with Crippen molar-refractivity contribution in [3.8, 4) is 5.75 Å². The van der Waals surface area contributed by atoms with Crippen molar-refractivity contribution in [1.29, 1.82) is 0 Å². The molecule has 2 atom stereocenters. The number of nitro benzene ring substituents is 1. The maximum atomic E-state index is 11.2. The number of hydrogen-bond donors (Lipinski definition) is 2. The summed E-state index contributed by atoms with van der Waals surface area (Å²) in [6.07, 6.45) is 4.29. The Kier molecular flexibility index (Phi) is 4.67. The number of nitro groups is 1. The van der Waals surface area contributed by atoms with Crippen molar-refractivity contribution in [2.24, 2.45) is 11.7 Å². The van der Waals surface area contributed by atoms with E-state index in [0.717, 1.165) is 19.3 Å². The summed E-state index contributed by atoms with van der Waals surface area (Å²) < 4.78 is 5.18. The molecule has 0 aromatic heterocycles. The molecule has 2 rings (SSSR count). The van der Waals surface area contributed by atoms with Crippen molar-refractivity contribution in [2.75, 3.05) is 19.0 Å². The predicted molar refractivity (Wildman–Crippen MR) is 82.7 cm³/mol. The lowest BCUT2D eigenvalue weighted by molar-refractivity contribution is -0.384. The van der Waals surface area contributed by atoms with Crippen molar-refractivity contribution < 1.29 is 9.66 Å². The first-order valence-corrected chi connectivity index (χ1v) is 7.33. The molecule has 1 aromatic carbocycles. The maximum Gasteiger partial charge on any atom is 0.292 e. The van der Waals surface area contributed by atoms with E-state index < -0.39 is 0 Å². The third-order valence-electron chi connectivity index (χ3n) is 4.60. The average Bonchev–Trinajstić information content (AvgIpc) is 2.49. The summed E-state index contributed by atoms with van der Waals surface area (Å²) in [5.74, 6) is 0.973. The molecule has 3 N–H and O–H groups in total. The van der Waals surface area contributed by atoms with Crippen LogP contribution in [0.4, 0.5) is 11.4 Å². The zero-order valence-electron chi connectivity index (χ0n) is 12.6. The fraction of sp³-hybridized carbons (Fsp3) is 0.600. The molecule has 0 amide bonds. The van der Waals surface area contributed by atoms with Crippen molar-refractivity contribution in [1.82, 2.24) is 0 Å². The molecule has 21 heavy (non-hydrogen) atoms. The Balaban J connectivity index is 2.37. The minimum atomic E-state index is -0.376. The van der Waals surface area contributed by atoms with E-state index in [1.54, 1.807) is 19.2 Å². The standard InChI is InChI=1S/C15H23N3O3/c1-11-5-3-4-8-15(11,10-16)17-13-9-12(21-2)6-7-14(13)18(19)20/h6-7,9,11,17H,3-5,8,10,16H2,1-2H3. The summed E-state index contributed by atoms with van der Waals surface area (Å²) in [4.78, 5) is 10.9. The highest BCUT2D eigenvalue weighted by Gasteiger charge is 2.38. The Morgan fingerprint density at radius 3 is 2.86 bits per heavy atom. The van der Waals surface area contributed by atoms with Gasteiger partial charge in [0.15, 0.2) is 0 Å². The SMILES string of the molecule is COc1ccc([N+](=O)[O-])c(NC2(CN)CCCCC2C)c1. The Morgan fingerprint density at radius 1 is 1.52 bits per heavy atom. The highest BCUT2D eigenvalue weighted by molar-refractivity contribution is 5.65. The first kappa shape index (κ1) is 15.6. The van der Waals surface area contributed by atoms with Gasteiger partial charge >= 0.3 is 0 Å². The molecular weight excluding hydrogens is 270 g/mol. The molecular formula is C15H23N3O3. The molecule has 116 valence electrons. The molecule has 0 spiro atoms. The van der Waals surface area contributed by atoms with Gasteiger partial charge in [-0.25, -0.2) is 0 Å². The number of hydrogen-bond acceptors (Lipinski definition) is 5. The molecule has 0 radical (unpaired) electrons. The number of benzene rings is 1. The first-order valence-electron chi connectivity index (χ1n) is 7.33. The topological polar surface area (TPSA) is 90.4 Å². The summed E-state index contributed by atoms with van der Waals surface area (Å²) in [5.41, 5.74) is 6.27. The van der Waals surface area contributed by atoms with E-state index in [1.807, 2.05) is 0 Å². The number of nitrogens with one attached hydrogen (secondary N) is 1. The monoisotopic (exact) mass is 293 g/mol. The van der Waals surface area contributed by atoms with E-state index in [0.29, 0.717) is 23.9 Å². The number of methoxy groups -OCH3 is 1. The van der Waals surface area contributed by atoms with E-state index in [1.165, 1.54) is 12.5 Å². The van der Waals surface area contributed by atoms with Gasteiger partial charge in [0.25, 0.3) is 5.69 Å². The Labute approximate surface area is 124 Å². The minimum Gasteiger partial charge on any atom is -0.497 e. The number of anilines is 1.